The van der Waals surface area contributed by atoms with Gasteiger partial charge in [-0.25, -0.2) is 4.79 Å². The second kappa shape index (κ2) is 43.4. The van der Waals surface area contributed by atoms with Crippen molar-refractivity contribution in [3.8, 4) is 5.75 Å². The summed E-state index contributed by atoms with van der Waals surface area (Å²) in [6.07, 6.45) is 6.99. The van der Waals surface area contributed by atoms with Crippen LogP contribution in [0.3, 0.4) is 0 Å². The normalized spacial score (nSPS) is 14.4. The molecule has 0 fully saturated rings. The molecule has 1 unspecified atom stereocenters. The molecule has 0 bridgehead atoms. The number of unbranched alkanes of at least 4 members (excludes halogenated alkanes) is 3. The molecule has 0 spiro atoms. The van der Waals surface area contributed by atoms with Crippen molar-refractivity contribution in [1.82, 2.24) is 58.2 Å². The van der Waals surface area contributed by atoms with E-state index in [-0.39, 0.29) is 76.2 Å². The highest BCUT2D eigenvalue weighted by Crippen LogP contribution is 2.21. The number of carboxylic acid groups (broad SMARTS) is 1. The van der Waals surface area contributed by atoms with Gasteiger partial charge in [-0.05, 0) is 149 Å². The van der Waals surface area contributed by atoms with Crippen LogP contribution in [0.15, 0.2) is 85.1 Å². The summed E-state index contributed by atoms with van der Waals surface area (Å²) in [5.41, 5.74) is 31.3. The molecule has 0 saturated heterocycles. The average molecular weight is 1380 g/mol. The number of carboxylic acids is 1. The van der Waals surface area contributed by atoms with Gasteiger partial charge in [0.25, 0.3) is 0 Å². The molecule has 29 nitrogen and oxygen atoms in total. The Morgan fingerprint density at radius 2 is 0.888 bits per heavy atom. The van der Waals surface area contributed by atoms with Gasteiger partial charge in [0.15, 0.2) is 5.96 Å². The van der Waals surface area contributed by atoms with E-state index in [4.69, 9.17) is 34.1 Å². The van der Waals surface area contributed by atoms with Gasteiger partial charge < -0.3 is 97.0 Å². The zero-order chi connectivity index (χ0) is 72.3. The second-order valence-corrected chi connectivity index (χ2v) is 26.1. The van der Waals surface area contributed by atoms with Crippen molar-refractivity contribution in [1.29, 1.82) is 5.41 Å². The molecule has 0 saturated carbocycles. The second-order valence-electron chi connectivity index (χ2n) is 25.1. The molecular weight excluding hydrogens is 1280 g/mol. The maximum absolute atomic E-state index is 14.8. The molecule has 540 valence electrons. The molecule has 0 aliphatic heterocycles. The predicted molar refractivity (Wildman–Crippen MR) is 377 cm³/mol. The SMILES string of the molecule is CSCC[C@H](NC(=O)[C@@H](NC(=O)C(NC(=O)[C@H](Cc1ccc(O)cc1)NC(=O)[C@H](Cc1ccccc1)NC(=O)[C@H](CCCNC(=N)N)NC(=O)[C@@H](N)CCCCN)C(C)C)C(C)C)C(=O)N[C@@H](Cc1c[nH]c2ccccc12)C(=O)N[C@@H](CCCCN)C(=O)N[C@@H](CCCCN)C(=O)O. The number of amides is 9. The zero-order valence-corrected chi connectivity index (χ0v) is 57.7. The third kappa shape index (κ3) is 28.3. The lowest BCUT2D eigenvalue weighted by Gasteiger charge is -2.30. The number of hydrogen-bond acceptors (Lipinski definition) is 17. The number of aromatic nitrogens is 1. The molecule has 10 atom stereocenters. The molecular formula is C68H105N17O12S. The molecule has 98 heavy (non-hydrogen) atoms. The Labute approximate surface area is 577 Å². The number of aromatic hydroxyl groups is 1. The first-order chi connectivity index (χ1) is 46.8. The molecule has 0 radical (unpaired) electrons. The lowest BCUT2D eigenvalue weighted by Crippen LogP contribution is -2.62. The summed E-state index contributed by atoms with van der Waals surface area (Å²) in [5.74, 6) is -9.44. The Balaban J connectivity index is 1.64. The molecule has 4 aromatic rings. The number of phenolic OH excluding ortho intramolecular Hbond substituents is 1. The maximum Gasteiger partial charge on any atom is 0.326 e. The molecule has 4 rings (SSSR count). The van der Waals surface area contributed by atoms with E-state index < -0.39 is 131 Å². The Kier molecular flexibility index (Phi) is 36.2. The first-order valence-corrected chi connectivity index (χ1v) is 35.0. The highest BCUT2D eigenvalue weighted by molar-refractivity contribution is 7.98. The number of aromatic amines is 1. The van der Waals surface area contributed by atoms with Crippen LogP contribution in [0.4, 0.5) is 0 Å². The van der Waals surface area contributed by atoms with Gasteiger partial charge in [-0.1, -0.05) is 94.8 Å². The number of H-pyrrole nitrogens is 1. The summed E-state index contributed by atoms with van der Waals surface area (Å²) in [6.45, 7) is 7.84. The number of nitrogens with two attached hydrogens (primary N) is 5. The van der Waals surface area contributed by atoms with Gasteiger partial charge in [-0.15, -0.1) is 0 Å². The van der Waals surface area contributed by atoms with Crippen LogP contribution in [0, 0.1) is 17.2 Å². The van der Waals surface area contributed by atoms with Gasteiger partial charge >= 0.3 is 5.97 Å². The van der Waals surface area contributed by atoms with Gasteiger partial charge in [-0.3, -0.25) is 48.6 Å². The smallest absolute Gasteiger partial charge is 0.326 e. The standard InChI is InChI=1S/C68H105N17O12S/c1-40(2)56(65(94)79-51(30-35-98-5)61(90)83-55(38-44-39-76-48-22-10-9-20-46(44)48)63(92)78-49(23-12-15-32-70)59(88)80-52(67(96)97)24-13-16-33-71)85-66(95)57(41(3)4)84-64(93)54(37-43-26-28-45(86)29-27-43)82-62(91)53(36-42-18-7-6-8-19-42)81-60(89)50(25-17-34-75-68(73)74)77-58(87)47(72)21-11-14-31-69/h6-10,18-20,22,26-29,39-41,47,49-57,76,86H,11-17,21,23-25,30-38,69-72H2,1-5H3,(H,77,87)(H,78,92)(H,79,94)(H,80,88)(H,81,89)(H,82,91)(H,83,90)(H,84,93)(H,85,95)(H,96,97)(H4,73,74,75)/t47-,49-,50-,51-,52-,53-,54-,55-,56-,57?/m0/s1. The van der Waals surface area contributed by atoms with Crippen molar-refractivity contribution < 1.29 is 58.2 Å². The van der Waals surface area contributed by atoms with Gasteiger partial charge in [-0.2, -0.15) is 11.8 Å². The number of carbonyl (C=O) groups excluding carboxylic acids is 9. The topological polar surface area (TPSA) is 501 Å². The Bertz CT molecular complexity index is 3210. The summed E-state index contributed by atoms with van der Waals surface area (Å²) < 4.78 is 0. The summed E-state index contributed by atoms with van der Waals surface area (Å²) in [4.78, 5) is 146. The minimum atomic E-state index is -1.45. The van der Waals surface area contributed by atoms with Crippen LogP contribution in [-0.2, 0) is 67.2 Å². The Morgan fingerprint density at radius 3 is 1.41 bits per heavy atom. The highest BCUT2D eigenvalue weighted by Gasteiger charge is 2.38. The fourth-order valence-electron chi connectivity index (χ4n) is 10.8. The largest absolute Gasteiger partial charge is 0.508 e. The number of guanidine groups is 1. The lowest BCUT2D eigenvalue weighted by atomic mass is 9.98. The van der Waals surface area contributed by atoms with Gasteiger partial charge in [0.05, 0.1) is 6.04 Å². The minimum Gasteiger partial charge on any atom is -0.508 e. The Morgan fingerprint density at radius 1 is 0.480 bits per heavy atom. The number of phenols is 1. The van der Waals surface area contributed by atoms with Crippen molar-refractivity contribution in [3.63, 3.8) is 0 Å². The number of benzene rings is 3. The van der Waals surface area contributed by atoms with Crippen molar-refractivity contribution in [2.75, 3.05) is 38.2 Å². The Hall–Kier alpha value is -8.84. The molecule has 3 aromatic carbocycles. The first kappa shape index (κ1) is 81.6. The molecule has 24 N–H and O–H groups in total. The number of para-hydroxylation sites is 1. The van der Waals surface area contributed by atoms with E-state index in [1.165, 1.54) is 23.9 Å². The van der Waals surface area contributed by atoms with E-state index >= 15 is 0 Å². The summed E-state index contributed by atoms with van der Waals surface area (Å²) in [7, 11) is 0. The fraction of sp³-hybridized carbons (Fsp3) is 0.544. The summed E-state index contributed by atoms with van der Waals surface area (Å²) in [5, 5.41) is 56.0. The maximum atomic E-state index is 14.8. The number of rotatable bonds is 46. The van der Waals surface area contributed by atoms with Gasteiger partial charge in [0.1, 0.15) is 60.1 Å². The van der Waals surface area contributed by atoms with Crippen LogP contribution in [0.25, 0.3) is 10.9 Å². The number of nitrogens with one attached hydrogen (secondary N) is 12. The van der Waals surface area contributed by atoms with E-state index in [2.05, 4.69) is 58.2 Å². The monoisotopic (exact) mass is 1380 g/mol. The minimum absolute atomic E-state index is 0.0390. The predicted octanol–water partition coefficient (Wildman–Crippen LogP) is 0.392. The summed E-state index contributed by atoms with van der Waals surface area (Å²) >= 11 is 1.38. The van der Waals surface area contributed by atoms with E-state index in [0.29, 0.717) is 80.5 Å². The number of aliphatic carboxylic acids is 1. The van der Waals surface area contributed by atoms with Crippen molar-refractivity contribution in [3.05, 3.63) is 102 Å². The van der Waals surface area contributed by atoms with Crippen molar-refractivity contribution in [2.24, 2.45) is 40.5 Å². The van der Waals surface area contributed by atoms with Crippen LogP contribution in [-0.4, -0.2) is 179 Å². The molecule has 1 aromatic heterocycles. The van der Waals surface area contributed by atoms with Crippen LogP contribution in [0.5, 0.6) is 5.75 Å². The van der Waals surface area contributed by atoms with Crippen LogP contribution in [0.2, 0.25) is 0 Å². The van der Waals surface area contributed by atoms with Crippen LogP contribution >= 0.6 is 11.8 Å². The number of thioether (sulfide) groups is 1. The van der Waals surface area contributed by atoms with Gasteiger partial charge in [0.2, 0.25) is 53.2 Å². The first-order valence-electron chi connectivity index (χ1n) is 33.6. The van der Waals surface area contributed by atoms with Gasteiger partial charge in [0, 0.05) is 42.9 Å². The molecule has 30 heteroatoms. The molecule has 0 aliphatic rings. The summed E-state index contributed by atoms with van der Waals surface area (Å²) in [6, 6.07) is 9.06. The lowest BCUT2D eigenvalue weighted by molar-refractivity contribution is -0.142. The quantitative estimate of drug-likeness (QED) is 0.0162. The van der Waals surface area contributed by atoms with Crippen molar-refractivity contribution >= 4 is 87.8 Å². The fourth-order valence-corrected chi connectivity index (χ4v) is 11.3. The van der Waals surface area contributed by atoms with E-state index in [9.17, 15) is 58.2 Å². The van der Waals surface area contributed by atoms with Crippen LogP contribution < -0.4 is 81.8 Å². The number of hydrogen-bond donors (Lipinski definition) is 19. The number of fused-ring (bicyclic) bond motifs is 1. The third-order valence-corrected chi connectivity index (χ3v) is 17.1. The number of carbonyl (C=O) groups is 10. The van der Waals surface area contributed by atoms with E-state index in [1.807, 2.05) is 24.3 Å². The average Bonchev–Trinajstić information content (AvgIpc) is 1.58. The zero-order valence-electron chi connectivity index (χ0n) is 56.9. The van der Waals surface area contributed by atoms with Crippen molar-refractivity contribution in [2.45, 2.75) is 184 Å². The van der Waals surface area contributed by atoms with Crippen LogP contribution in [0.1, 0.15) is 121 Å². The molecule has 0 aliphatic carbocycles. The molecule has 9 amide bonds. The van der Waals surface area contributed by atoms with E-state index in [0.717, 1.165) is 10.9 Å². The third-order valence-electron chi connectivity index (χ3n) is 16.5. The van der Waals surface area contributed by atoms with E-state index in [1.54, 1.807) is 82.6 Å². The highest BCUT2D eigenvalue weighted by atomic mass is 32.2. The molecule has 1 heterocycles.